The lowest BCUT2D eigenvalue weighted by Gasteiger charge is -2.13. The summed E-state index contributed by atoms with van der Waals surface area (Å²) in [5, 5.41) is 2.95. The number of benzene rings is 1. The molecule has 0 unspecified atom stereocenters. The molecule has 0 bridgehead atoms. The topological polar surface area (TPSA) is 43.3 Å². The van der Waals surface area contributed by atoms with Crippen LogP contribution in [-0.2, 0) is 17.9 Å². The Labute approximate surface area is 140 Å². The van der Waals surface area contributed by atoms with Gasteiger partial charge in [-0.1, -0.05) is 22.0 Å². The van der Waals surface area contributed by atoms with E-state index in [2.05, 4.69) is 37.2 Å². The van der Waals surface area contributed by atoms with Crippen LogP contribution in [0.15, 0.2) is 39.4 Å². The van der Waals surface area contributed by atoms with Crippen LogP contribution in [0.2, 0.25) is 0 Å². The third kappa shape index (κ3) is 3.75. The average molecular weight is 416 g/mol. The molecule has 2 rings (SSSR count). The molecule has 0 fully saturated rings. The average Bonchev–Trinajstić information content (AvgIpc) is 2.84. The molecule has 6 heteroatoms. The Kier molecular flexibility index (Phi) is 5.61. The number of hydrogen-bond donors (Lipinski definition) is 1. The van der Waals surface area contributed by atoms with Gasteiger partial charge in [0.15, 0.2) is 0 Å². The van der Waals surface area contributed by atoms with E-state index in [4.69, 9.17) is 4.74 Å². The highest BCUT2D eigenvalue weighted by atomic mass is 79.9. The Morgan fingerprint density at radius 2 is 2.14 bits per heavy atom. The highest BCUT2D eigenvalue weighted by Crippen LogP contribution is 2.26. The molecule has 0 saturated carbocycles. The smallest absolute Gasteiger partial charge is 0.272 e. The number of rotatable bonds is 5. The van der Waals surface area contributed by atoms with Crippen molar-refractivity contribution in [3.8, 4) is 0 Å². The molecule has 1 heterocycles. The maximum absolute atomic E-state index is 12.5. The number of carbonyl (C=O) groups is 1. The number of nitrogens with zero attached hydrogens (tertiary/aromatic N) is 1. The number of ether oxygens (including phenoxy) is 1. The van der Waals surface area contributed by atoms with Gasteiger partial charge in [0.1, 0.15) is 5.69 Å². The monoisotopic (exact) mass is 414 g/mol. The van der Waals surface area contributed by atoms with Crippen LogP contribution < -0.4 is 5.32 Å². The molecule has 1 aromatic carbocycles. The lowest BCUT2D eigenvalue weighted by molar-refractivity contribution is 0.101. The molecule has 0 radical (unpaired) electrons. The van der Waals surface area contributed by atoms with Crippen LogP contribution in [0.4, 0.5) is 5.69 Å². The molecular weight excluding hydrogens is 400 g/mol. The van der Waals surface area contributed by atoms with Crippen LogP contribution in [-0.4, -0.2) is 17.6 Å². The van der Waals surface area contributed by atoms with E-state index in [0.717, 1.165) is 26.7 Å². The number of anilines is 1. The van der Waals surface area contributed by atoms with Gasteiger partial charge in [-0.3, -0.25) is 4.79 Å². The second-order valence-electron chi connectivity index (χ2n) is 4.48. The van der Waals surface area contributed by atoms with E-state index in [-0.39, 0.29) is 5.91 Å². The van der Waals surface area contributed by atoms with Gasteiger partial charge in [-0.2, -0.15) is 0 Å². The van der Waals surface area contributed by atoms with Gasteiger partial charge in [0.2, 0.25) is 0 Å². The summed E-state index contributed by atoms with van der Waals surface area (Å²) in [6.07, 6.45) is 1.89. The Bertz CT molecular complexity index is 653. The summed E-state index contributed by atoms with van der Waals surface area (Å²) < 4.78 is 8.89. The number of aryl methyl sites for hydroxylation is 1. The molecule has 21 heavy (non-hydrogen) atoms. The van der Waals surface area contributed by atoms with Crippen molar-refractivity contribution in [2.75, 3.05) is 12.4 Å². The van der Waals surface area contributed by atoms with Crippen LogP contribution >= 0.6 is 31.9 Å². The fourth-order valence-electron chi connectivity index (χ4n) is 2.08. The Hall–Kier alpha value is -1.11. The second kappa shape index (κ2) is 7.24. The molecule has 0 aliphatic carbocycles. The van der Waals surface area contributed by atoms with Crippen molar-refractivity contribution in [2.45, 2.75) is 20.1 Å². The van der Waals surface area contributed by atoms with Crippen molar-refractivity contribution < 1.29 is 9.53 Å². The number of carbonyl (C=O) groups excluding carboxylic acids is 1. The molecule has 0 saturated heterocycles. The molecule has 0 aliphatic heterocycles. The van der Waals surface area contributed by atoms with Gasteiger partial charge >= 0.3 is 0 Å². The Morgan fingerprint density at radius 1 is 1.38 bits per heavy atom. The van der Waals surface area contributed by atoms with Crippen molar-refractivity contribution in [2.24, 2.45) is 0 Å². The van der Waals surface area contributed by atoms with E-state index in [1.165, 1.54) is 0 Å². The molecule has 0 atom stereocenters. The van der Waals surface area contributed by atoms with Crippen LogP contribution in [0.5, 0.6) is 0 Å². The number of aromatic nitrogens is 1. The van der Waals surface area contributed by atoms with Crippen molar-refractivity contribution >= 4 is 43.5 Å². The van der Waals surface area contributed by atoms with Gasteiger partial charge in [0.05, 0.1) is 6.61 Å². The molecule has 1 amide bonds. The summed E-state index contributed by atoms with van der Waals surface area (Å²) in [5.41, 5.74) is 2.28. The molecule has 1 aromatic heterocycles. The summed E-state index contributed by atoms with van der Waals surface area (Å²) in [6, 6.07) is 7.49. The van der Waals surface area contributed by atoms with Gasteiger partial charge in [-0.15, -0.1) is 0 Å². The first kappa shape index (κ1) is 16.3. The van der Waals surface area contributed by atoms with Gasteiger partial charge in [-0.25, -0.2) is 0 Å². The quantitative estimate of drug-likeness (QED) is 0.784. The number of hydrogen-bond acceptors (Lipinski definition) is 2. The molecule has 0 spiro atoms. The first-order valence-corrected chi connectivity index (χ1v) is 8.08. The lowest BCUT2D eigenvalue weighted by Crippen LogP contribution is -2.17. The highest BCUT2D eigenvalue weighted by Gasteiger charge is 2.15. The van der Waals surface area contributed by atoms with E-state index in [0.29, 0.717) is 12.3 Å². The van der Waals surface area contributed by atoms with Crippen molar-refractivity contribution in [1.29, 1.82) is 0 Å². The number of methoxy groups -OCH3 is 1. The van der Waals surface area contributed by atoms with Crippen molar-refractivity contribution in [3.63, 3.8) is 0 Å². The largest absolute Gasteiger partial charge is 0.380 e. The summed E-state index contributed by atoms with van der Waals surface area (Å²) in [6.45, 7) is 3.16. The molecule has 4 nitrogen and oxygen atoms in total. The Balaban J connectivity index is 2.29. The van der Waals surface area contributed by atoms with Crippen molar-refractivity contribution in [3.05, 3.63) is 50.7 Å². The molecule has 2 aromatic rings. The standard InChI is InChI=1S/C15H16Br2N2O2/c1-3-19-8-10(16)7-14(19)15(20)18-13-6-4-5-12(17)11(13)9-21-2/h4-8H,3,9H2,1-2H3,(H,18,20). The highest BCUT2D eigenvalue weighted by molar-refractivity contribution is 9.10. The minimum absolute atomic E-state index is 0.141. The molecule has 0 aliphatic rings. The van der Waals surface area contributed by atoms with E-state index in [1.54, 1.807) is 7.11 Å². The van der Waals surface area contributed by atoms with E-state index < -0.39 is 0 Å². The fraction of sp³-hybridized carbons (Fsp3) is 0.267. The molecule has 112 valence electrons. The second-order valence-corrected chi connectivity index (χ2v) is 6.25. The first-order chi connectivity index (χ1) is 10.1. The Morgan fingerprint density at radius 3 is 2.81 bits per heavy atom. The predicted octanol–water partition coefficient (Wildman–Crippen LogP) is 4.43. The summed E-state index contributed by atoms with van der Waals surface area (Å²) in [4.78, 5) is 12.5. The summed E-state index contributed by atoms with van der Waals surface area (Å²) in [7, 11) is 1.63. The number of halogens is 2. The molecular formula is C15H16Br2N2O2. The van der Waals surface area contributed by atoms with E-state index in [1.807, 2.05) is 42.0 Å². The van der Waals surface area contributed by atoms with Gasteiger partial charge in [0.25, 0.3) is 5.91 Å². The summed E-state index contributed by atoms with van der Waals surface area (Å²) >= 11 is 6.88. The van der Waals surface area contributed by atoms with Crippen LogP contribution in [0.25, 0.3) is 0 Å². The van der Waals surface area contributed by atoms with Gasteiger partial charge in [0, 0.05) is 40.0 Å². The third-order valence-electron chi connectivity index (χ3n) is 3.09. The number of amides is 1. The predicted molar refractivity (Wildman–Crippen MR) is 90.6 cm³/mol. The van der Waals surface area contributed by atoms with E-state index in [9.17, 15) is 4.79 Å². The minimum Gasteiger partial charge on any atom is -0.380 e. The summed E-state index contributed by atoms with van der Waals surface area (Å²) in [5.74, 6) is -0.141. The lowest BCUT2D eigenvalue weighted by atomic mass is 10.2. The van der Waals surface area contributed by atoms with Crippen LogP contribution in [0.1, 0.15) is 23.0 Å². The minimum atomic E-state index is -0.141. The van der Waals surface area contributed by atoms with Crippen LogP contribution in [0, 0.1) is 0 Å². The normalized spacial score (nSPS) is 10.7. The van der Waals surface area contributed by atoms with E-state index >= 15 is 0 Å². The van der Waals surface area contributed by atoms with Crippen molar-refractivity contribution in [1.82, 2.24) is 4.57 Å². The SMILES string of the molecule is CCn1cc(Br)cc1C(=O)Nc1cccc(Br)c1COC. The first-order valence-electron chi connectivity index (χ1n) is 6.50. The third-order valence-corrected chi connectivity index (χ3v) is 4.27. The number of nitrogens with one attached hydrogen (secondary N) is 1. The zero-order chi connectivity index (χ0) is 15.4. The van der Waals surface area contributed by atoms with Gasteiger partial charge in [-0.05, 0) is 41.1 Å². The van der Waals surface area contributed by atoms with Crippen LogP contribution in [0.3, 0.4) is 0 Å². The maximum atomic E-state index is 12.5. The zero-order valence-electron chi connectivity index (χ0n) is 11.8. The molecule has 1 N–H and O–H groups in total. The maximum Gasteiger partial charge on any atom is 0.272 e. The zero-order valence-corrected chi connectivity index (χ0v) is 15.0. The van der Waals surface area contributed by atoms with Gasteiger partial charge < -0.3 is 14.6 Å². The fourth-order valence-corrected chi connectivity index (χ4v) is 3.02.